The molecule has 182 valence electrons. The van der Waals surface area contributed by atoms with Crippen LogP contribution in [-0.4, -0.2) is 39.5 Å². The molecule has 36 heavy (non-hydrogen) atoms. The minimum atomic E-state index is -0.484. The lowest BCUT2D eigenvalue weighted by Gasteiger charge is -2.08. The van der Waals surface area contributed by atoms with Gasteiger partial charge in [-0.3, -0.25) is 4.79 Å². The molecule has 0 unspecified atom stereocenters. The normalized spacial score (nSPS) is 11.1. The number of benzene rings is 2. The first kappa shape index (κ1) is 24.2. The first-order chi connectivity index (χ1) is 17.5. The predicted molar refractivity (Wildman–Crippen MR) is 147 cm³/mol. The fourth-order valence-corrected chi connectivity index (χ4v) is 6.73. The summed E-state index contributed by atoms with van der Waals surface area (Å²) in [6.07, 6.45) is 0. The third kappa shape index (κ3) is 4.55. The van der Waals surface area contributed by atoms with Crippen molar-refractivity contribution in [3.63, 3.8) is 0 Å². The molecule has 0 aliphatic rings. The molecule has 0 saturated heterocycles. The maximum absolute atomic E-state index is 12.9. The first-order valence-electron chi connectivity index (χ1n) is 11.0. The molecule has 3 aromatic heterocycles. The van der Waals surface area contributed by atoms with Crippen molar-refractivity contribution in [2.45, 2.75) is 12.1 Å². The van der Waals surface area contributed by atoms with Gasteiger partial charge in [0.05, 0.1) is 12.9 Å². The Kier molecular flexibility index (Phi) is 6.90. The summed E-state index contributed by atoms with van der Waals surface area (Å²) in [4.78, 5) is 26.5. The second kappa shape index (κ2) is 10.3. The van der Waals surface area contributed by atoms with Gasteiger partial charge in [-0.1, -0.05) is 60.3 Å². The average molecular weight is 535 g/mol. The van der Waals surface area contributed by atoms with E-state index in [1.807, 2.05) is 61.0 Å². The van der Waals surface area contributed by atoms with Gasteiger partial charge < -0.3 is 14.6 Å². The van der Waals surface area contributed by atoms with Crippen LogP contribution >= 0.6 is 34.4 Å². The molecule has 0 bridgehead atoms. The van der Waals surface area contributed by atoms with E-state index >= 15 is 0 Å². The van der Waals surface area contributed by atoms with E-state index in [0.717, 1.165) is 32.8 Å². The summed E-state index contributed by atoms with van der Waals surface area (Å²) in [5.74, 6) is 0.151. The Morgan fingerprint density at radius 1 is 1.08 bits per heavy atom. The lowest BCUT2D eigenvalue weighted by molar-refractivity contribution is -0.113. The van der Waals surface area contributed by atoms with Gasteiger partial charge in [0.1, 0.15) is 10.6 Å². The number of nitrogens with one attached hydrogen (secondary N) is 1. The summed E-state index contributed by atoms with van der Waals surface area (Å²) in [6, 6.07) is 17.8. The Labute approximate surface area is 220 Å². The van der Waals surface area contributed by atoms with Gasteiger partial charge in [0.2, 0.25) is 5.91 Å². The van der Waals surface area contributed by atoms with Crippen LogP contribution in [0.1, 0.15) is 15.2 Å². The number of hydrogen-bond acceptors (Lipinski definition) is 8. The van der Waals surface area contributed by atoms with Gasteiger partial charge in [0, 0.05) is 38.5 Å². The smallest absolute Gasteiger partial charge is 0.341 e. The summed E-state index contributed by atoms with van der Waals surface area (Å²) < 4.78 is 8.12. The van der Waals surface area contributed by atoms with E-state index in [1.54, 1.807) is 11.3 Å². The molecule has 1 amide bonds. The zero-order valence-electron chi connectivity index (χ0n) is 19.8. The van der Waals surface area contributed by atoms with Crippen molar-refractivity contribution in [3.8, 4) is 22.5 Å². The molecule has 0 saturated carbocycles. The highest BCUT2D eigenvalue weighted by Gasteiger charge is 2.25. The number of amides is 1. The number of esters is 1. The summed E-state index contributed by atoms with van der Waals surface area (Å²) in [7, 11) is 3.24. The number of carbonyl (C=O) groups is 2. The Bertz CT molecular complexity index is 1570. The number of aryl methyl sites for hydroxylation is 1. The summed E-state index contributed by atoms with van der Waals surface area (Å²) in [6.45, 7) is 1.93. The molecule has 2 aromatic carbocycles. The second-order valence-corrected chi connectivity index (χ2v) is 11.0. The van der Waals surface area contributed by atoms with Crippen molar-refractivity contribution in [1.29, 1.82) is 0 Å². The van der Waals surface area contributed by atoms with Crippen molar-refractivity contribution in [1.82, 2.24) is 14.8 Å². The molecule has 0 spiro atoms. The molecular formula is C26H22N4O3S3. The molecule has 0 fully saturated rings. The average Bonchev–Trinajstić information content (AvgIpc) is 3.57. The van der Waals surface area contributed by atoms with E-state index in [9.17, 15) is 9.59 Å². The minimum absolute atomic E-state index is 0.120. The number of hydrogen-bond donors (Lipinski definition) is 1. The van der Waals surface area contributed by atoms with Gasteiger partial charge in [-0.15, -0.1) is 32.9 Å². The minimum Gasteiger partial charge on any atom is -0.465 e. The molecule has 3 heterocycles. The number of anilines is 1. The number of thioether (sulfide) groups is 1. The topological polar surface area (TPSA) is 86.1 Å². The van der Waals surface area contributed by atoms with Crippen LogP contribution in [0.25, 0.3) is 32.6 Å². The van der Waals surface area contributed by atoms with Crippen LogP contribution in [0.15, 0.2) is 65.1 Å². The van der Waals surface area contributed by atoms with Gasteiger partial charge in [-0.2, -0.15) is 0 Å². The first-order valence-corrected chi connectivity index (χ1v) is 13.7. The zero-order chi connectivity index (χ0) is 25.2. The van der Waals surface area contributed by atoms with E-state index in [-0.39, 0.29) is 11.7 Å². The largest absolute Gasteiger partial charge is 0.465 e. The van der Waals surface area contributed by atoms with Crippen LogP contribution in [0.5, 0.6) is 0 Å². The lowest BCUT2D eigenvalue weighted by Crippen LogP contribution is -2.16. The molecule has 7 nitrogen and oxygen atoms in total. The van der Waals surface area contributed by atoms with Gasteiger partial charge in [-0.05, 0) is 18.6 Å². The molecule has 0 atom stereocenters. The summed E-state index contributed by atoms with van der Waals surface area (Å²) >= 11 is 4.32. The molecule has 1 N–H and O–H groups in total. The van der Waals surface area contributed by atoms with E-state index in [1.165, 1.54) is 34.9 Å². The fourth-order valence-electron chi connectivity index (χ4n) is 4.00. The van der Waals surface area contributed by atoms with Gasteiger partial charge in [0.15, 0.2) is 11.0 Å². The maximum Gasteiger partial charge on any atom is 0.341 e. The Morgan fingerprint density at radius 2 is 1.83 bits per heavy atom. The van der Waals surface area contributed by atoms with Crippen molar-refractivity contribution < 1.29 is 14.3 Å². The third-order valence-corrected chi connectivity index (χ3v) is 8.68. The molecular weight excluding hydrogens is 513 g/mol. The number of carbonyl (C=O) groups excluding carboxylic acids is 2. The quantitative estimate of drug-likeness (QED) is 0.196. The zero-order valence-corrected chi connectivity index (χ0v) is 22.2. The summed E-state index contributed by atoms with van der Waals surface area (Å²) in [5, 5.41) is 15.9. The van der Waals surface area contributed by atoms with E-state index in [2.05, 4.69) is 33.0 Å². The SMILES string of the molecule is COC(=O)c1c(NC(=O)CSc2nnc(-c3csc4ccccc34)n2C)sc(C)c1-c1ccccc1. The Hall–Kier alpha value is -3.47. The Balaban J connectivity index is 1.34. The highest BCUT2D eigenvalue weighted by Crippen LogP contribution is 2.40. The number of rotatable bonds is 7. The predicted octanol–water partition coefficient (Wildman–Crippen LogP) is 6.25. The lowest BCUT2D eigenvalue weighted by atomic mass is 10.0. The number of fused-ring (bicyclic) bond motifs is 1. The number of thiophene rings is 2. The van der Waals surface area contributed by atoms with Crippen LogP contribution in [-0.2, 0) is 16.6 Å². The van der Waals surface area contributed by atoms with Crippen molar-refractivity contribution in [2.75, 3.05) is 18.2 Å². The molecule has 5 aromatic rings. The van der Waals surface area contributed by atoms with Crippen molar-refractivity contribution in [2.24, 2.45) is 7.05 Å². The highest BCUT2D eigenvalue weighted by atomic mass is 32.2. The van der Waals surface area contributed by atoms with E-state index < -0.39 is 5.97 Å². The second-order valence-electron chi connectivity index (χ2n) is 7.94. The van der Waals surface area contributed by atoms with Crippen LogP contribution in [0.4, 0.5) is 5.00 Å². The van der Waals surface area contributed by atoms with Gasteiger partial charge >= 0.3 is 5.97 Å². The van der Waals surface area contributed by atoms with Crippen LogP contribution < -0.4 is 5.32 Å². The van der Waals surface area contributed by atoms with Crippen LogP contribution in [0, 0.1) is 6.92 Å². The van der Waals surface area contributed by atoms with Crippen molar-refractivity contribution >= 4 is 61.4 Å². The Morgan fingerprint density at radius 3 is 2.61 bits per heavy atom. The number of aromatic nitrogens is 3. The molecule has 0 aliphatic carbocycles. The molecule has 0 radical (unpaired) electrons. The van der Waals surface area contributed by atoms with Gasteiger partial charge in [0.25, 0.3) is 0 Å². The maximum atomic E-state index is 12.9. The van der Waals surface area contributed by atoms with Crippen molar-refractivity contribution in [3.05, 3.63) is 70.4 Å². The van der Waals surface area contributed by atoms with Crippen LogP contribution in [0.3, 0.4) is 0 Å². The van der Waals surface area contributed by atoms with Crippen LogP contribution in [0.2, 0.25) is 0 Å². The van der Waals surface area contributed by atoms with E-state index in [0.29, 0.717) is 15.7 Å². The molecule has 5 rings (SSSR count). The number of nitrogens with zero attached hydrogens (tertiary/aromatic N) is 3. The highest BCUT2D eigenvalue weighted by molar-refractivity contribution is 7.99. The van der Waals surface area contributed by atoms with E-state index in [4.69, 9.17) is 4.74 Å². The standard InChI is InChI=1S/C26H22N4O3S3/c1-15-21(16-9-5-4-6-10-16)22(25(32)33-3)24(36-15)27-20(31)14-35-26-29-28-23(30(26)2)18-13-34-19-12-8-7-11-17(18)19/h4-13H,14H2,1-3H3,(H,27,31). The number of ether oxygens (including phenoxy) is 1. The number of methoxy groups -OCH3 is 1. The summed E-state index contributed by atoms with van der Waals surface area (Å²) in [5.41, 5.74) is 3.06. The van der Waals surface area contributed by atoms with Gasteiger partial charge in [-0.25, -0.2) is 4.79 Å². The molecule has 10 heteroatoms. The third-order valence-electron chi connectivity index (χ3n) is 5.68. The molecule has 0 aliphatic heterocycles. The fraction of sp³-hybridized carbons (Fsp3) is 0.154. The monoisotopic (exact) mass is 534 g/mol.